The molecule has 3 rings (SSSR count). The minimum absolute atomic E-state index is 0.359. The van der Waals surface area contributed by atoms with Crippen LogP contribution in [0.1, 0.15) is 11.6 Å². The maximum Gasteiger partial charge on any atom is 0.408 e. The molecule has 5 heteroatoms. The minimum Gasteiger partial charge on any atom is -0.443 e. The first-order chi connectivity index (χ1) is 10.1. The SMILES string of the molecule is O=C1N[C@H](c2cccc(-c3ccccc3)c2)C(F)(F)CO1. The molecular weight excluding hydrogens is 276 g/mol. The van der Waals surface area contributed by atoms with Crippen molar-refractivity contribution in [2.45, 2.75) is 12.0 Å². The van der Waals surface area contributed by atoms with Crippen molar-refractivity contribution >= 4 is 6.09 Å². The van der Waals surface area contributed by atoms with Crippen molar-refractivity contribution in [1.82, 2.24) is 5.32 Å². The zero-order chi connectivity index (χ0) is 14.9. The molecule has 2 aromatic rings. The Balaban J connectivity index is 1.97. The summed E-state index contributed by atoms with van der Waals surface area (Å²) in [5.74, 6) is -3.14. The van der Waals surface area contributed by atoms with E-state index in [1.807, 2.05) is 36.4 Å². The van der Waals surface area contributed by atoms with Gasteiger partial charge in [-0.3, -0.25) is 0 Å². The topological polar surface area (TPSA) is 38.3 Å². The summed E-state index contributed by atoms with van der Waals surface area (Å²) in [5.41, 5.74) is 2.11. The van der Waals surface area contributed by atoms with Gasteiger partial charge in [0.05, 0.1) is 0 Å². The summed E-state index contributed by atoms with van der Waals surface area (Å²) in [6.07, 6.45) is -0.823. The van der Waals surface area contributed by atoms with E-state index in [2.05, 4.69) is 10.1 Å². The van der Waals surface area contributed by atoms with E-state index in [1.165, 1.54) is 0 Å². The van der Waals surface area contributed by atoms with Gasteiger partial charge in [0.2, 0.25) is 0 Å². The average Bonchev–Trinajstić information content (AvgIpc) is 2.51. The van der Waals surface area contributed by atoms with E-state index < -0.39 is 24.7 Å². The number of alkyl halides is 2. The van der Waals surface area contributed by atoms with Crippen LogP contribution in [0.3, 0.4) is 0 Å². The molecule has 3 nitrogen and oxygen atoms in total. The third-order valence-corrected chi connectivity index (χ3v) is 3.41. The van der Waals surface area contributed by atoms with Crippen LogP contribution in [0.5, 0.6) is 0 Å². The van der Waals surface area contributed by atoms with E-state index in [0.29, 0.717) is 5.56 Å². The number of benzene rings is 2. The number of carbonyl (C=O) groups is 1. The molecule has 1 N–H and O–H groups in total. The fraction of sp³-hybridized carbons (Fsp3) is 0.188. The van der Waals surface area contributed by atoms with Crippen LogP contribution in [0.15, 0.2) is 54.6 Å². The van der Waals surface area contributed by atoms with Gasteiger partial charge in [0.25, 0.3) is 0 Å². The molecule has 1 fully saturated rings. The zero-order valence-electron chi connectivity index (χ0n) is 11.1. The van der Waals surface area contributed by atoms with Crippen molar-refractivity contribution in [3.63, 3.8) is 0 Å². The Hall–Kier alpha value is -2.43. The second kappa shape index (κ2) is 5.16. The molecule has 1 saturated heterocycles. The third-order valence-electron chi connectivity index (χ3n) is 3.41. The summed E-state index contributed by atoms with van der Waals surface area (Å²) < 4.78 is 32.2. The largest absolute Gasteiger partial charge is 0.443 e. The summed E-state index contributed by atoms with van der Waals surface area (Å²) in [5, 5.41) is 2.19. The first-order valence-electron chi connectivity index (χ1n) is 6.53. The number of nitrogens with one attached hydrogen (secondary N) is 1. The quantitative estimate of drug-likeness (QED) is 0.914. The summed E-state index contributed by atoms with van der Waals surface area (Å²) in [6.45, 7) is -0.904. The predicted octanol–water partition coefficient (Wildman–Crippen LogP) is 3.77. The summed E-state index contributed by atoms with van der Waals surface area (Å²) >= 11 is 0. The number of alkyl carbamates (subject to hydrolysis) is 1. The average molecular weight is 289 g/mol. The number of hydrogen-bond acceptors (Lipinski definition) is 2. The molecule has 0 aromatic heterocycles. The van der Waals surface area contributed by atoms with E-state index in [0.717, 1.165) is 11.1 Å². The molecule has 1 aliphatic rings. The van der Waals surface area contributed by atoms with Gasteiger partial charge in [-0.05, 0) is 22.8 Å². The highest BCUT2D eigenvalue weighted by Crippen LogP contribution is 2.35. The zero-order valence-corrected chi connectivity index (χ0v) is 11.1. The second-order valence-electron chi connectivity index (χ2n) is 4.91. The molecule has 0 aliphatic carbocycles. The van der Waals surface area contributed by atoms with E-state index in [9.17, 15) is 13.6 Å². The normalized spacial score (nSPS) is 20.5. The van der Waals surface area contributed by atoms with Gasteiger partial charge in [-0.2, -0.15) is 0 Å². The van der Waals surface area contributed by atoms with E-state index in [4.69, 9.17) is 0 Å². The van der Waals surface area contributed by atoms with Gasteiger partial charge in [0.15, 0.2) is 6.61 Å². The fourth-order valence-electron chi connectivity index (χ4n) is 2.37. The predicted molar refractivity (Wildman–Crippen MR) is 74.0 cm³/mol. The Kier molecular flexibility index (Phi) is 3.33. The van der Waals surface area contributed by atoms with Gasteiger partial charge in [0, 0.05) is 0 Å². The minimum atomic E-state index is -3.14. The number of halogens is 2. The van der Waals surface area contributed by atoms with Gasteiger partial charge in [0.1, 0.15) is 6.04 Å². The Labute approximate surface area is 120 Å². The molecule has 1 heterocycles. The highest BCUT2D eigenvalue weighted by Gasteiger charge is 2.46. The number of hydrogen-bond donors (Lipinski definition) is 1. The number of amides is 1. The molecule has 0 bridgehead atoms. The smallest absolute Gasteiger partial charge is 0.408 e. The first kappa shape index (κ1) is 13.5. The van der Waals surface area contributed by atoms with Crippen LogP contribution in [0.2, 0.25) is 0 Å². The Morgan fingerprint density at radius 3 is 2.52 bits per heavy atom. The molecule has 0 saturated carbocycles. The van der Waals surface area contributed by atoms with Crippen LogP contribution >= 0.6 is 0 Å². The molecule has 21 heavy (non-hydrogen) atoms. The highest BCUT2D eigenvalue weighted by molar-refractivity contribution is 5.70. The lowest BCUT2D eigenvalue weighted by atomic mass is 9.96. The van der Waals surface area contributed by atoms with Crippen molar-refractivity contribution in [2.24, 2.45) is 0 Å². The Bertz CT molecular complexity index is 658. The second-order valence-corrected chi connectivity index (χ2v) is 4.91. The summed E-state index contributed by atoms with van der Waals surface area (Å²) in [6, 6.07) is 14.9. The molecule has 108 valence electrons. The highest BCUT2D eigenvalue weighted by atomic mass is 19.3. The monoisotopic (exact) mass is 289 g/mol. The molecular formula is C16H13F2NO2. The summed E-state index contributed by atoms with van der Waals surface area (Å²) in [7, 11) is 0. The third kappa shape index (κ3) is 2.72. The number of cyclic esters (lactones) is 1. The maximum absolute atomic E-state index is 13.9. The van der Waals surface area contributed by atoms with Crippen molar-refractivity contribution in [3.05, 3.63) is 60.2 Å². The van der Waals surface area contributed by atoms with Crippen LogP contribution in [0, 0.1) is 0 Å². The standard InChI is InChI=1S/C16H13F2NO2/c17-16(18)10-21-15(20)19-14(16)13-8-4-7-12(9-13)11-5-2-1-3-6-11/h1-9,14H,10H2,(H,19,20)/t14-/m1/s1. The van der Waals surface area contributed by atoms with Gasteiger partial charge in [-0.25, -0.2) is 13.6 Å². The van der Waals surface area contributed by atoms with Crippen LogP contribution in [-0.2, 0) is 4.74 Å². The van der Waals surface area contributed by atoms with Crippen molar-refractivity contribution in [1.29, 1.82) is 0 Å². The van der Waals surface area contributed by atoms with Gasteiger partial charge >= 0.3 is 12.0 Å². The van der Waals surface area contributed by atoms with Crippen molar-refractivity contribution < 1.29 is 18.3 Å². The number of carbonyl (C=O) groups excluding carboxylic acids is 1. The number of rotatable bonds is 2. The van der Waals surface area contributed by atoms with Crippen molar-refractivity contribution in [2.75, 3.05) is 6.61 Å². The van der Waals surface area contributed by atoms with Crippen LogP contribution in [0.4, 0.5) is 13.6 Å². The van der Waals surface area contributed by atoms with Crippen LogP contribution in [0.25, 0.3) is 11.1 Å². The van der Waals surface area contributed by atoms with E-state index in [-0.39, 0.29) is 0 Å². The van der Waals surface area contributed by atoms with Crippen LogP contribution in [-0.4, -0.2) is 18.6 Å². The molecule has 0 spiro atoms. The lowest BCUT2D eigenvalue weighted by molar-refractivity contribution is -0.104. The lowest BCUT2D eigenvalue weighted by Gasteiger charge is -2.32. The van der Waals surface area contributed by atoms with E-state index >= 15 is 0 Å². The van der Waals surface area contributed by atoms with Crippen LogP contribution < -0.4 is 5.32 Å². The molecule has 1 atom stereocenters. The molecule has 0 radical (unpaired) electrons. The molecule has 1 amide bonds. The lowest BCUT2D eigenvalue weighted by Crippen LogP contribution is -2.49. The maximum atomic E-state index is 13.9. The number of ether oxygens (including phenoxy) is 1. The first-order valence-corrected chi connectivity index (χ1v) is 6.53. The van der Waals surface area contributed by atoms with E-state index in [1.54, 1.807) is 18.2 Å². The van der Waals surface area contributed by atoms with Gasteiger partial charge in [-0.1, -0.05) is 48.5 Å². The fourth-order valence-corrected chi connectivity index (χ4v) is 2.37. The molecule has 0 unspecified atom stereocenters. The Morgan fingerprint density at radius 2 is 1.76 bits per heavy atom. The summed E-state index contributed by atoms with van der Waals surface area (Å²) in [4.78, 5) is 11.2. The molecule has 1 aliphatic heterocycles. The van der Waals surface area contributed by atoms with Gasteiger partial charge < -0.3 is 10.1 Å². The van der Waals surface area contributed by atoms with Gasteiger partial charge in [-0.15, -0.1) is 0 Å². The van der Waals surface area contributed by atoms with Crippen molar-refractivity contribution in [3.8, 4) is 11.1 Å². The molecule has 2 aromatic carbocycles. The Morgan fingerprint density at radius 1 is 1.05 bits per heavy atom.